The molecule has 0 amide bonds. The number of benzene rings is 1. The average molecular weight is 398 g/mol. The maximum atomic E-state index is 15.3. The molecule has 3 heterocycles. The van der Waals surface area contributed by atoms with Gasteiger partial charge in [0.1, 0.15) is 11.4 Å². The van der Waals surface area contributed by atoms with Gasteiger partial charge in [-0.25, -0.2) is 9.18 Å². The molecule has 1 aromatic heterocycles. The zero-order valence-corrected chi connectivity index (χ0v) is 16.2. The number of rotatable bonds is 3. The van der Waals surface area contributed by atoms with Crippen molar-refractivity contribution in [2.24, 2.45) is 0 Å². The van der Waals surface area contributed by atoms with E-state index in [-0.39, 0.29) is 29.6 Å². The van der Waals surface area contributed by atoms with Crippen LogP contribution in [0.4, 0.5) is 10.1 Å². The zero-order chi connectivity index (χ0) is 20.3. The van der Waals surface area contributed by atoms with Crippen molar-refractivity contribution in [1.29, 1.82) is 0 Å². The number of anilines is 1. The van der Waals surface area contributed by atoms with Crippen LogP contribution in [0.5, 0.6) is 0 Å². The van der Waals surface area contributed by atoms with E-state index in [1.165, 1.54) is 6.07 Å². The van der Waals surface area contributed by atoms with E-state index in [4.69, 9.17) is 4.74 Å². The van der Waals surface area contributed by atoms with Gasteiger partial charge in [-0.1, -0.05) is 12.2 Å². The standard InChI is InChI=1S/C22H23FN2O4/c1-2-29-22(28)15-11-25(12-6-7-12)19-13-4-3-5-17-18(26)8-9-24(17)20(13)16(23)10-14(19)21(15)27/h3-4,10-12,17-18,26H,2,5-9H2,1H3/t17-,18-/m1/s1. The van der Waals surface area contributed by atoms with Crippen LogP contribution in [0, 0.1) is 5.82 Å². The number of aromatic nitrogens is 1. The summed E-state index contributed by atoms with van der Waals surface area (Å²) in [5.41, 5.74) is 1.17. The van der Waals surface area contributed by atoms with Gasteiger partial charge in [0.05, 0.1) is 35.3 Å². The molecule has 1 aliphatic carbocycles. The first kappa shape index (κ1) is 18.4. The fourth-order valence-corrected chi connectivity index (χ4v) is 4.68. The Kier molecular flexibility index (Phi) is 4.24. The number of ether oxygens (including phenoxy) is 1. The number of carbonyl (C=O) groups excluding carboxylic acids is 1. The molecule has 2 atom stereocenters. The molecule has 152 valence electrons. The first-order valence-electron chi connectivity index (χ1n) is 10.2. The van der Waals surface area contributed by atoms with E-state index < -0.39 is 23.3 Å². The highest BCUT2D eigenvalue weighted by Crippen LogP contribution is 2.43. The van der Waals surface area contributed by atoms with Gasteiger partial charge in [-0.15, -0.1) is 0 Å². The van der Waals surface area contributed by atoms with E-state index in [2.05, 4.69) is 0 Å². The molecule has 29 heavy (non-hydrogen) atoms. The SMILES string of the molecule is CCOC(=O)c1cn(C2CC2)c2c3c(c(F)cc2c1=O)N1CC[C@@H](O)[C@H]1CC=C3. The van der Waals surface area contributed by atoms with Crippen molar-refractivity contribution in [2.45, 2.75) is 50.8 Å². The molecule has 0 spiro atoms. The molecule has 2 aliphatic heterocycles. The summed E-state index contributed by atoms with van der Waals surface area (Å²) in [4.78, 5) is 27.4. The van der Waals surface area contributed by atoms with Crippen LogP contribution in [0.3, 0.4) is 0 Å². The van der Waals surface area contributed by atoms with E-state index >= 15 is 4.39 Å². The number of fused-ring (bicyclic) bond motifs is 5. The number of nitrogens with zero attached hydrogens (tertiary/aromatic N) is 2. The molecule has 1 aromatic carbocycles. The highest BCUT2D eigenvalue weighted by Gasteiger charge is 2.37. The highest BCUT2D eigenvalue weighted by atomic mass is 19.1. The number of aliphatic hydroxyl groups excluding tert-OH is 1. The Hall–Kier alpha value is -2.67. The van der Waals surface area contributed by atoms with E-state index in [0.717, 1.165) is 12.8 Å². The average Bonchev–Trinajstić information content (AvgIpc) is 3.49. The van der Waals surface area contributed by atoms with Crippen molar-refractivity contribution in [2.75, 3.05) is 18.1 Å². The number of halogens is 1. The summed E-state index contributed by atoms with van der Waals surface area (Å²) < 4.78 is 22.3. The van der Waals surface area contributed by atoms with Crippen molar-refractivity contribution in [3.63, 3.8) is 0 Å². The summed E-state index contributed by atoms with van der Waals surface area (Å²) in [5.74, 6) is -1.18. The number of pyridine rings is 1. The molecule has 0 unspecified atom stereocenters. The molecule has 1 N–H and O–H groups in total. The van der Waals surface area contributed by atoms with E-state index in [1.54, 1.807) is 13.1 Å². The molecule has 2 fully saturated rings. The topological polar surface area (TPSA) is 71.8 Å². The number of carbonyl (C=O) groups is 1. The number of aliphatic hydroxyl groups is 1. The van der Waals surface area contributed by atoms with E-state index in [0.29, 0.717) is 36.2 Å². The second kappa shape index (κ2) is 6.69. The van der Waals surface area contributed by atoms with Crippen LogP contribution in [-0.4, -0.2) is 40.9 Å². The Morgan fingerprint density at radius 1 is 1.34 bits per heavy atom. The summed E-state index contributed by atoms with van der Waals surface area (Å²) >= 11 is 0. The minimum Gasteiger partial charge on any atom is -0.462 e. The lowest BCUT2D eigenvalue weighted by Gasteiger charge is -2.28. The lowest BCUT2D eigenvalue weighted by molar-refractivity contribution is 0.0524. The number of hydrogen-bond donors (Lipinski definition) is 1. The molecule has 2 aromatic rings. The quantitative estimate of drug-likeness (QED) is 0.805. The maximum Gasteiger partial charge on any atom is 0.343 e. The normalized spacial score (nSPS) is 23.1. The Bertz CT molecular complexity index is 1100. The highest BCUT2D eigenvalue weighted by molar-refractivity contribution is 5.99. The first-order chi connectivity index (χ1) is 14.0. The summed E-state index contributed by atoms with van der Waals surface area (Å²) in [5, 5.41) is 10.5. The Morgan fingerprint density at radius 2 is 2.14 bits per heavy atom. The van der Waals surface area contributed by atoms with Crippen LogP contribution in [-0.2, 0) is 4.74 Å². The van der Waals surface area contributed by atoms with Gasteiger partial charge in [0, 0.05) is 24.3 Å². The van der Waals surface area contributed by atoms with Crippen LogP contribution < -0.4 is 10.3 Å². The predicted octanol–water partition coefficient (Wildman–Crippen LogP) is 3.01. The minimum absolute atomic E-state index is 0.0577. The van der Waals surface area contributed by atoms with Gasteiger partial charge in [-0.3, -0.25) is 4.79 Å². The lowest BCUT2D eigenvalue weighted by Crippen LogP contribution is -2.35. The number of esters is 1. The van der Waals surface area contributed by atoms with Gasteiger partial charge in [0.2, 0.25) is 5.43 Å². The molecule has 1 saturated carbocycles. The summed E-state index contributed by atoms with van der Waals surface area (Å²) in [6.45, 7) is 2.42. The maximum absolute atomic E-state index is 15.3. The summed E-state index contributed by atoms with van der Waals surface area (Å²) in [6.07, 6.45) is 7.97. The Morgan fingerprint density at radius 3 is 2.86 bits per heavy atom. The smallest absolute Gasteiger partial charge is 0.343 e. The van der Waals surface area contributed by atoms with Gasteiger partial charge in [0.25, 0.3) is 0 Å². The molecule has 3 aliphatic rings. The molecular weight excluding hydrogens is 375 g/mol. The third-order valence-corrected chi connectivity index (χ3v) is 6.17. The Labute approximate surface area is 167 Å². The van der Waals surface area contributed by atoms with Crippen LogP contribution in [0.25, 0.3) is 17.0 Å². The Balaban J connectivity index is 1.82. The minimum atomic E-state index is -0.678. The molecular formula is C22H23FN2O4. The van der Waals surface area contributed by atoms with Crippen LogP contribution >= 0.6 is 0 Å². The van der Waals surface area contributed by atoms with Crippen molar-refractivity contribution in [1.82, 2.24) is 4.57 Å². The molecule has 6 nitrogen and oxygen atoms in total. The van der Waals surface area contributed by atoms with Crippen LogP contribution in [0.1, 0.15) is 54.6 Å². The second-order valence-electron chi connectivity index (χ2n) is 8.00. The third kappa shape index (κ3) is 2.79. The van der Waals surface area contributed by atoms with Crippen LogP contribution in [0.2, 0.25) is 0 Å². The largest absolute Gasteiger partial charge is 0.462 e. The predicted molar refractivity (Wildman–Crippen MR) is 108 cm³/mol. The van der Waals surface area contributed by atoms with Crippen molar-refractivity contribution >= 4 is 28.6 Å². The summed E-state index contributed by atoms with van der Waals surface area (Å²) in [7, 11) is 0. The van der Waals surface area contributed by atoms with E-state index in [9.17, 15) is 14.7 Å². The van der Waals surface area contributed by atoms with Crippen molar-refractivity contribution in [3.8, 4) is 0 Å². The van der Waals surface area contributed by atoms with Crippen LogP contribution in [0.15, 0.2) is 23.1 Å². The monoisotopic (exact) mass is 398 g/mol. The van der Waals surface area contributed by atoms with Gasteiger partial charge in [0.15, 0.2) is 0 Å². The first-order valence-corrected chi connectivity index (χ1v) is 10.2. The number of hydrogen-bond acceptors (Lipinski definition) is 5. The summed E-state index contributed by atoms with van der Waals surface area (Å²) in [6, 6.07) is 1.26. The van der Waals surface area contributed by atoms with E-state index in [1.807, 2.05) is 21.6 Å². The molecule has 1 saturated heterocycles. The van der Waals surface area contributed by atoms with Crippen molar-refractivity contribution in [3.05, 3.63) is 45.5 Å². The van der Waals surface area contributed by atoms with Crippen molar-refractivity contribution < 1.29 is 19.0 Å². The zero-order valence-electron chi connectivity index (χ0n) is 16.2. The fourth-order valence-electron chi connectivity index (χ4n) is 4.68. The fraction of sp³-hybridized carbons (Fsp3) is 0.455. The van der Waals surface area contributed by atoms with Gasteiger partial charge in [-0.05, 0) is 38.7 Å². The third-order valence-electron chi connectivity index (χ3n) is 6.17. The lowest BCUT2D eigenvalue weighted by atomic mass is 10.0. The van der Waals surface area contributed by atoms with Gasteiger partial charge < -0.3 is 19.3 Å². The molecule has 7 heteroatoms. The van der Waals surface area contributed by atoms with Gasteiger partial charge in [-0.2, -0.15) is 0 Å². The molecule has 0 bridgehead atoms. The molecule has 0 radical (unpaired) electrons. The molecule has 5 rings (SSSR count). The second-order valence-corrected chi connectivity index (χ2v) is 8.00. The van der Waals surface area contributed by atoms with Gasteiger partial charge >= 0.3 is 5.97 Å².